The molecule has 3 aromatic rings. The van der Waals surface area contributed by atoms with Crippen LogP contribution in [0.1, 0.15) is 23.0 Å². The number of para-hydroxylation sites is 1. The molecule has 0 bridgehead atoms. The van der Waals surface area contributed by atoms with Gasteiger partial charge in [-0.1, -0.05) is 24.3 Å². The summed E-state index contributed by atoms with van der Waals surface area (Å²) in [6, 6.07) is 14.5. The van der Waals surface area contributed by atoms with E-state index in [9.17, 15) is 9.59 Å². The molecule has 0 saturated heterocycles. The Labute approximate surface area is 133 Å². The van der Waals surface area contributed by atoms with E-state index < -0.39 is 0 Å². The summed E-state index contributed by atoms with van der Waals surface area (Å²) in [6.07, 6.45) is 0. The predicted molar refractivity (Wildman–Crippen MR) is 89.6 cm³/mol. The molecule has 116 valence electrons. The summed E-state index contributed by atoms with van der Waals surface area (Å²) in [6.45, 7) is 3.32. The van der Waals surface area contributed by atoms with Crippen LogP contribution < -0.4 is 10.6 Å². The zero-order valence-electron chi connectivity index (χ0n) is 12.8. The lowest BCUT2D eigenvalue weighted by Gasteiger charge is -2.10. The quantitative estimate of drug-likeness (QED) is 0.769. The van der Waals surface area contributed by atoms with Gasteiger partial charge in [0.05, 0.1) is 0 Å². The van der Waals surface area contributed by atoms with Gasteiger partial charge in [0, 0.05) is 23.7 Å². The Bertz CT molecular complexity index is 863. The van der Waals surface area contributed by atoms with E-state index in [0.717, 1.165) is 10.9 Å². The lowest BCUT2D eigenvalue weighted by molar-refractivity contribution is -0.114. The smallest absolute Gasteiger partial charge is 0.291 e. The van der Waals surface area contributed by atoms with E-state index in [1.807, 2.05) is 37.3 Å². The molecule has 0 atom stereocenters. The number of hydrogen-bond acceptors (Lipinski definition) is 3. The number of aryl methyl sites for hydroxylation is 1. The van der Waals surface area contributed by atoms with Crippen molar-refractivity contribution in [2.45, 2.75) is 13.8 Å². The molecule has 5 heteroatoms. The highest BCUT2D eigenvalue weighted by atomic mass is 16.3. The monoisotopic (exact) mass is 308 g/mol. The summed E-state index contributed by atoms with van der Waals surface area (Å²) in [5.41, 5.74) is 2.81. The van der Waals surface area contributed by atoms with Crippen molar-refractivity contribution in [1.82, 2.24) is 0 Å². The minimum absolute atomic E-state index is 0.164. The summed E-state index contributed by atoms with van der Waals surface area (Å²) in [4.78, 5) is 23.5. The molecule has 1 aromatic heterocycles. The van der Waals surface area contributed by atoms with Gasteiger partial charge >= 0.3 is 0 Å². The second-order valence-corrected chi connectivity index (χ2v) is 5.31. The van der Waals surface area contributed by atoms with Crippen LogP contribution in [0.3, 0.4) is 0 Å². The predicted octanol–water partition coefficient (Wildman–Crippen LogP) is 3.95. The number of carbonyl (C=O) groups excluding carboxylic acids is 2. The van der Waals surface area contributed by atoms with Crippen LogP contribution in [0.4, 0.5) is 11.4 Å². The fourth-order valence-electron chi connectivity index (χ4n) is 2.32. The molecule has 0 saturated carbocycles. The van der Waals surface area contributed by atoms with Crippen molar-refractivity contribution in [2.24, 2.45) is 0 Å². The van der Waals surface area contributed by atoms with Crippen LogP contribution in [0.2, 0.25) is 0 Å². The molecule has 3 rings (SSSR count). The third-order valence-corrected chi connectivity index (χ3v) is 3.46. The topological polar surface area (TPSA) is 71.3 Å². The normalized spacial score (nSPS) is 10.5. The number of rotatable bonds is 3. The Balaban J connectivity index is 1.85. The Morgan fingerprint density at radius 3 is 2.52 bits per heavy atom. The molecule has 5 nitrogen and oxygen atoms in total. The largest absolute Gasteiger partial charge is 0.451 e. The lowest BCUT2D eigenvalue weighted by Crippen LogP contribution is -2.13. The molecule has 0 fully saturated rings. The van der Waals surface area contributed by atoms with Crippen LogP contribution in [0, 0.1) is 6.92 Å². The molecule has 0 radical (unpaired) electrons. The van der Waals surface area contributed by atoms with Crippen molar-refractivity contribution in [1.29, 1.82) is 0 Å². The molecule has 1 heterocycles. The number of fused-ring (bicyclic) bond motifs is 1. The number of furan rings is 1. The first-order valence-corrected chi connectivity index (χ1v) is 7.21. The van der Waals surface area contributed by atoms with E-state index in [4.69, 9.17) is 4.42 Å². The second-order valence-electron chi connectivity index (χ2n) is 5.31. The molecule has 0 aliphatic carbocycles. The maximum Gasteiger partial charge on any atom is 0.291 e. The van der Waals surface area contributed by atoms with Crippen LogP contribution in [-0.2, 0) is 4.79 Å². The van der Waals surface area contributed by atoms with Gasteiger partial charge in [-0.2, -0.15) is 0 Å². The Morgan fingerprint density at radius 1 is 1.00 bits per heavy atom. The average Bonchev–Trinajstić information content (AvgIpc) is 2.94. The van der Waals surface area contributed by atoms with Crippen LogP contribution >= 0.6 is 0 Å². The maximum atomic E-state index is 12.4. The fourth-order valence-corrected chi connectivity index (χ4v) is 2.32. The van der Waals surface area contributed by atoms with Gasteiger partial charge in [0.15, 0.2) is 5.76 Å². The maximum absolute atomic E-state index is 12.4. The molecular formula is C18H16N2O3. The van der Waals surface area contributed by atoms with Crippen LogP contribution in [0.25, 0.3) is 11.0 Å². The van der Waals surface area contributed by atoms with E-state index in [1.165, 1.54) is 6.92 Å². The number of hydrogen-bond donors (Lipinski definition) is 2. The van der Waals surface area contributed by atoms with Gasteiger partial charge in [-0.05, 0) is 36.8 Å². The summed E-state index contributed by atoms with van der Waals surface area (Å²) in [7, 11) is 0. The standard InChI is InChI=1S/C18H16N2O3/c1-11-7-8-14(19-12(2)21)10-15(11)20-18(22)17-9-13-5-3-4-6-16(13)23-17/h3-10H,1-2H3,(H,19,21)(H,20,22). The molecule has 0 spiro atoms. The van der Waals surface area contributed by atoms with Crippen molar-refractivity contribution in [2.75, 3.05) is 10.6 Å². The van der Waals surface area contributed by atoms with Gasteiger partial charge in [0.1, 0.15) is 5.58 Å². The SMILES string of the molecule is CC(=O)Nc1ccc(C)c(NC(=O)c2cc3ccccc3o2)c1. The summed E-state index contributed by atoms with van der Waals surface area (Å²) in [5.74, 6) is -0.247. The zero-order valence-corrected chi connectivity index (χ0v) is 12.8. The highest BCUT2D eigenvalue weighted by molar-refractivity contribution is 6.05. The van der Waals surface area contributed by atoms with Crippen LogP contribution in [0.15, 0.2) is 52.9 Å². The third kappa shape index (κ3) is 3.23. The fraction of sp³-hybridized carbons (Fsp3) is 0.111. The van der Waals surface area contributed by atoms with Crippen molar-refractivity contribution >= 4 is 34.2 Å². The van der Waals surface area contributed by atoms with Gasteiger partial charge in [0.2, 0.25) is 5.91 Å². The summed E-state index contributed by atoms with van der Waals surface area (Å²) in [5, 5.41) is 6.39. The number of carbonyl (C=O) groups is 2. The minimum Gasteiger partial charge on any atom is -0.451 e. The molecule has 2 N–H and O–H groups in total. The van der Waals surface area contributed by atoms with Gasteiger partial charge in [-0.15, -0.1) is 0 Å². The Morgan fingerprint density at radius 2 is 1.78 bits per heavy atom. The van der Waals surface area contributed by atoms with Crippen LogP contribution in [0.5, 0.6) is 0 Å². The molecule has 0 unspecified atom stereocenters. The van der Waals surface area contributed by atoms with E-state index in [0.29, 0.717) is 17.0 Å². The summed E-state index contributed by atoms with van der Waals surface area (Å²) >= 11 is 0. The first kappa shape index (κ1) is 14.8. The van der Waals surface area contributed by atoms with Gasteiger partial charge in [-0.3, -0.25) is 9.59 Å². The number of anilines is 2. The zero-order chi connectivity index (χ0) is 16.4. The van der Waals surface area contributed by atoms with E-state index >= 15 is 0 Å². The highest BCUT2D eigenvalue weighted by Crippen LogP contribution is 2.23. The average molecular weight is 308 g/mol. The van der Waals surface area contributed by atoms with Crippen LogP contribution in [-0.4, -0.2) is 11.8 Å². The third-order valence-electron chi connectivity index (χ3n) is 3.46. The van der Waals surface area contributed by atoms with E-state index in [-0.39, 0.29) is 17.6 Å². The number of nitrogens with one attached hydrogen (secondary N) is 2. The Kier molecular flexibility index (Phi) is 3.85. The molecule has 23 heavy (non-hydrogen) atoms. The second kappa shape index (κ2) is 5.96. The van der Waals surface area contributed by atoms with Gasteiger partial charge in [-0.25, -0.2) is 0 Å². The Hall–Kier alpha value is -3.08. The highest BCUT2D eigenvalue weighted by Gasteiger charge is 2.13. The molecular weight excluding hydrogens is 292 g/mol. The molecule has 0 aliphatic heterocycles. The lowest BCUT2D eigenvalue weighted by atomic mass is 10.1. The van der Waals surface area contributed by atoms with Gasteiger partial charge in [0.25, 0.3) is 5.91 Å². The number of benzene rings is 2. The molecule has 2 aromatic carbocycles. The van der Waals surface area contributed by atoms with Crippen molar-refractivity contribution in [3.63, 3.8) is 0 Å². The number of amides is 2. The minimum atomic E-state index is -0.329. The van der Waals surface area contributed by atoms with E-state index in [2.05, 4.69) is 10.6 Å². The first-order chi connectivity index (χ1) is 11.0. The molecule has 0 aliphatic rings. The first-order valence-electron chi connectivity index (χ1n) is 7.21. The molecule has 2 amide bonds. The summed E-state index contributed by atoms with van der Waals surface area (Å²) < 4.78 is 5.55. The van der Waals surface area contributed by atoms with Crippen molar-refractivity contribution in [3.8, 4) is 0 Å². The van der Waals surface area contributed by atoms with Gasteiger partial charge < -0.3 is 15.1 Å². The van der Waals surface area contributed by atoms with E-state index in [1.54, 1.807) is 18.2 Å². The van der Waals surface area contributed by atoms with Crippen molar-refractivity contribution in [3.05, 3.63) is 59.9 Å². The van der Waals surface area contributed by atoms with Crippen molar-refractivity contribution < 1.29 is 14.0 Å².